The van der Waals surface area contributed by atoms with E-state index < -0.39 is 50.2 Å². The molecule has 0 radical (unpaired) electrons. The molecule has 1 amide bonds. The molecular weight excluding hydrogens is 286 g/mol. The minimum Gasteiger partial charge on any atom is -0.477 e. The summed E-state index contributed by atoms with van der Waals surface area (Å²) < 4.78 is 25.1. The molecule has 2 N–H and O–H groups in total. The number of aliphatic carboxylic acids is 1. The van der Waals surface area contributed by atoms with Gasteiger partial charge in [-0.3, -0.25) is 9.69 Å². The number of aliphatic hydroxyl groups is 1. The molecule has 0 aromatic heterocycles. The minimum atomic E-state index is -3.96. The Morgan fingerprint density at radius 1 is 1.35 bits per heavy atom. The molecule has 2 aliphatic heterocycles. The molecule has 3 atom stereocenters. The number of carbonyl (C=O) groups is 2. The lowest BCUT2D eigenvalue weighted by Crippen LogP contribution is -2.64. The van der Waals surface area contributed by atoms with Crippen LogP contribution in [0.1, 0.15) is 27.7 Å². The van der Waals surface area contributed by atoms with Crippen LogP contribution in [0.4, 0.5) is 0 Å². The SMILES string of the molecule is CC(O)[C@H]1C(=O)N2C(C(=O)O)=C(C(C)(C)C)S(=O)(=O)C12. The van der Waals surface area contributed by atoms with Crippen LogP contribution >= 0.6 is 0 Å². The van der Waals surface area contributed by atoms with Gasteiger partial charge < -0.3 is 10.2 Å². The number of carbonyl (C=O) groups excluding carboxylic acids is 1. The van der Waals surface area contributed by atoms with Crippen LogP contribution in [-0.2, 0) is 19.4 Å². The normalized spacial score (nSPS) is 30.1. The number of aliphatic hydroxyl groups excluding tert-OH is 1. The van der Waals surface area contributed by atoms with E-state index in [-0.39, 0.29) is 4.91 Å². The number of hydrogen-bond donors (Lipinski definition) is 2. The Morgan fingerprint density at radius 2 is 1.85 bits per heavy atom. The summed E-state index contributed by atoms with van der Waals surface area (Å²) in [6.45, 7) is 6.06. The van der Waals surface area contributed by atoms with Crippen molar-refractivity contribution >= 4 is 21.7 Å². The molecule has 2 heterocycles. The zero-order valence-corrected chi connectivity index (χ0v) is 12.4. The van der Waals surface area contributed by atoms with E-state index in [1.54, 1.807) is 20.8 Å². The van der Waals surface area contributed by atoms with Gasteiger partial charge >= 0.3 is 5.97 Å². The first kappa shape index (κ1) is 15.0. The first-order chi connectivity index (χ1) is 8.92. The second-order valence-electron chi connectivity index (χ2n) is 6.14. The maximum Gasteiger partial charge on any atom is 0.353 e. The zero-order valence-electron chi connectivity index (χ0n) is 11.6. The maximum atomic E-state index is 12.6. The van der Waals surface area contributed by atoms with Crippen molar-refractivity contribution in [3.05, 3.63) is 10.6 Å². The molecule has 1 saturated heterocycles. The predicted octanol–water partition coefficient (Wildman–Crippen LogP) is -0.0776. The van der Waals surface area contributed by atoms with E-state index in [1.165, 1.54) is 6.92 Å². The van der Waals surface area contributed by atoms with Crippen LogP contribution in [0, 0.1) is 11.3 Å². The molecular formula is C12H17NO6S. The number of amides is 1. The number of β-lactam (4-membered cyclic amide) rings is 1. The maximum absolute atomic E-state index is 12.6. The molecule has 2 unspecified atom stereocenters. The summed E-state index contributed by atoms with van der Waals surface area (Å²) in [7, 11) is -3.96. The first-order valence-electron chi connectivity index (χ1n) is 6.15. The molecule has 0 aromatic rings. The molecule has 112 valence electrons. The van der Waals surface area contributed by atoms with E-state index in [0.29, 0.717) is 0 Å². The summed E-state index contributed by atoms with van der Waals surface area (Å²) in [5.74, 6) is -3.21. The fraction of sp³-hybridized carbons (Fsp3) is 0.667. The smallest absolute Gasteiger partial charge is 0.353 e. The van der Waals surface area contributed by atoms with Crippen molar-refractivity contribution in [3.8, 4) is 0 Å². The number of fused-ring (bicyclic) bond motifs is 1. The molecule has 0 aromatic carbocycles. The van der Waals surface area contributed by atoms with Gasteiger partial charge in [0.25, 0.3) is 0 Å². The average Bonchev–Trinajstić information content (AvgIpc) is 2.42. The Labute approximate surface area is 116 Å². The Morgan fingerprint density at radius 3 is 2.20 bits per heavy atom. The van der Waals surface area contributed by atoms with Gasteiger partial charge in [-0.15, -0.1) is 0 Å². The van der Waals surface area contributed by atoms with Gasteiger partial charge in [0.05, 0.1) is 16.9 Å². The highest BCUT2D eigenvalue weighted by atomic mass is 32.2. The third-order valence-corrected chi connectivity index (χ3v) is 6.06. The van der Waals surface area contributed by atoms with E-state index in [9.17, 15) is 28.2 Å². The second kappa shape index (κ2) is 4.05. The average molecular weight is 303 g/mol. The number of hydrogen-bond acceptors (Lipinski definition) is 5. The number of allylic oxidation sites excluding steroid dienone is 1. The highest BCUT2D eigenvalue weighted by molar-refractivity contribution is 7.96. The third kappa shape index (κ3) is 1.71. The van der Waals surface area contributed by atoms with Crippen molar-refractivity contribution in [2.75, 3.05) is 0 Å². The molecule has 0 bridgehead atoms. The number of rotatable bonds is 2. The van der Waals surface area contributed by atoms with Crippen LogP contribution in [-0.4, -0.2) is 46.9 Å². The fourth-order valence-electron chi connectivity index (χ4n) is 2.85. The lowest BCUT2D eigenvalue weighted by molar-refractivity contribution is -0.157. The van der Waals surface area contributed by atoms with E-state index >= 15 is 0 Å². The van der Waals surface area contributed by atoms with E-state index in [4.69, 9.17) is 0 Å². The van der Waals surface area contributed by atoms with Crippen molar-refractivity contribution < 1.29 is 28.2 Å². The standard InChI is InChI=1S/C12H17NO6S/c1-5(14)6-9(15)13-7(11(16)17)8(12(2,3)4)20(18,19)10(6)13/h5-6,10,14H,1-4H3,(H,16,17)/t5?,6-,10?/m0/s1. The molecule has 2 rings (SSSR count). The highest BCUT2D eigenvalue weighted by Gasteiger charge is 2.66. The van der Waals surface area contributed by atoms with Crippen LogP contribution in [0.5, 0.6) is 0 Å². The van der Waals surface area contributed by atoms with Crippen molar-refractivity contribution in [1.82, 2.24) is 4.90 Å². The summed E-state index contributed by atoms with van der Waals surface area (Å²) in [6.07, 6.45) is -1.15. The topological polar surface area (TPSA) is 112 Å². The van der Waals surface area contributed by atoms with Gasteiger partial charge in [0, 0.05) is 5.41 Å². The van der Waals surface area contributed by atoms with Crippen LogP contribution < -0.4 is 0 Å². The number of carboxylic acids is 1. The monoisotopic (exact) mass is 303 g/mol. The number of sulfone groups is 1. The minimum absolute atomic E-state index is 0.251. The summed E-state index contributed by atoms with van der Waals surface area (Å²) in [5, 5.41) is 17.5. The van der Waals surface area contributed by atoms with E-state index in [1.807, 2.05) is 0 Å². The van der Waals surface area contributed by atoms with Gasteiger partial charge in [0.2, 0.25) is 5.91 Å². The molecule has 0 saturated carbocycles. The summed E-state index contributed by atoms with van der Waals surface area (Å²) in [4.78, 5) is 23.9. The Balaban J connectivity index is 2.68. The number of carboxylic acid groups (broad SMARTS) is 1. The third-order valence-electron chi connectivity index (χ3n) is 3.55. The molecule has 1 fully saturated rings. The number of nitrogens with zero attached hydrogens (tertiary/aromatic N) is 1. The zero-order chi connectivity index (χ0) is 15.6. The van der Waals surface area contributed by atoms with Crippen LogP contribution in [0.15, 0.2) is 10.6 Å². The van der Waals surface area contributed by atoms with Gasteiger partial charge in [-0.1, -0.05) is 20.8 Å². The van der Waals surface area contributed by atoms with Crippen molar-refractivity contribution in [2.45, 2.75) is 39.2 Å². The molecule has 8 heteroatoms. The van der Waals surface area contributed by atoms with Gasteiger partial charge in [0.1, 0.15) is 5.70 Å². The van der Waals surface area contributed by atoms with Crippen LogP contribution in [0.2, 0.25) is 0 Å². The Kier molecular flexibility index (Phi) is 3.03. The summed E-state index contributed by atoms with van der Waals surface area (Å²) in [5.41, 5.74) is -1.42. The van der Waals surface area contributed by atoms with Gasteiger partial charge in [0.15, 0.2) is 15.2 Å². The summed E-state index contributed by atoms with van der Waals surface area (Å²) in [6, 6.07) is 0. The molecule has 2 aliphatic rings. The first-order valence-corrected chi connectivity index (χ1v) is 7.70. The Hall–Kier alpha value is -1.41. The molecule has 7 nitrogen and oxygen atoms in total. The second-order valence-corrected chi connectivity index (χ2v) is 8.12. The van der Waals surface area contributed by atoms with Crippen LogP contribution in [0.3, 0.4) is 0 Å². The van der Waals surface area contributed by atoms with Crippen molar-refractivity contribution in [2.24, 2.45) is 11.3 Å². The molecule has 20 heavy (non-hydrogen) atoms. The van der Waals surface area contributed by atoms with Gasteiger partial charge in [-0.2, -0.15) is 0 Å². The lowest BCUT2D eigenvalue weighted by Gasteiger charge is -2.42. The van der Waals surface area contributed by atoms with Crippen molar-refractivity contribution in [1.29, 1.82) is 0 Å². The summed E-state index contributed by atoms with van der Waals surface area (Å²) >= 11 is 0. The molecule has 0 spiro atoms. The fourth-order valence-corrected chi connectivity index (χ4v) is 5.61. The van der Waals surface area contributed by atoms with E-state index in [2.05, 4.69) is 0 Å². The highest BCUT2D eigenvalue weighted by Crippen LogP contribution is 2.50. The largest absolute Gasteiger partial charge is 0.477 e. The van der Waals surface area contributed by atoms with Crippen LogP contribution in [0.25, 0.3) is 0 Å². The lowest BCUT2D eigenvalue weighted by atomic mass is 9.90. The predicted molar refractivity (Wildman–Crippen MR) is 68.8 cm³/mol. The Bertz CT molecular complexity index is 625. The quantitative estimate of drug-likeness (QED) is 0.690. The van der Waals surface area contributed by atoms with E-state index in [0.717, 1.165) is 4.90 Å². The van der Waals surface area contributed by atoms with Gasteiger partial charge in [-0.05, 0) is 6.92 Å². The van der Waals surface area contributed by atoms with Gasteiger partial charge in [-0.25, -0.2) is 13.2 Å². The molecule has 0 aliphatic carbocycles. The van der Waals surface area contributed by atoms with Crippen molar-refractivity contribution in [3.63, 3.8) is 0 Å².